The van der Waals surface area contributed by atoms with Crippen LogP contribution in [0.15, 0.2) is 0 Å². The molecule has 1 unspecified atom stereocenters. The molecule has 2 N–H and O–H groups in total. The molecule has 0 aromatic heterocycles. The summed E-state index contributed by atoms with van der Waals surface area (Å²) in [7, 11) is 0. The summed E-state index contributed by atoms with van der Waals surface area (Å²) >= 11 is 0. The topological polar surface area (TPSA) is 49.3 Å². The summed E-state index contributed by atoms with van der Waals surface area (Å²) in [6, 6.07) is 0. The summed E-state index contributed by atoms with van der Waals surface area (Å²) in [5.41, 5.74) is -0.420. The maximum absolute atomic E-state index is 11.0. The molecule has 3 nitrogen and oxygen atoms in total. The number of aliphatic hydroxyl groups is 1. The molecule has 3 heteroatoms. The van der Waals surface area contributed by atoms with Crippen molar-refractivity contribution in [2.75, 3.05) is 0 Å². The first-order valence-electron chi connectivity index (χ1n) is 3.33. The van der Waals surface area contributed by atoms with Gasteiger partial charge in [-0.2, -0.15) is 0 Å². The van der Waals surface area contributed by atoms with Gasteiger partial charge in [0.25, 0.3) is 0 Å². The molecule has 60 valence electrons. The normalized spacial score (nSPS) is 14.5. The van der Waals surface area contributed by atoms with Gasteiger partial charge < -0.3 is 10.4 Å². The average molecular weight is 145 g/mol. The largest absolute Gasteiger partial charge is 0.374 e. The number of carbonyl (C=O) groups is 1. The summed E-state index contributed by atoms with van der Waals surface area (Å²) in [5, 5.41) is 11.2. The van der Waals surface area contributed by atoms with Crippen molar-refractivity contribution in [1.29, 1.82) is 0 Å². The lowest BCUT2D eigenvalue weighted by atomic mass is 9.96. The molecule has 0 saturated heterocycles. The van der Waals surface area contributed by atoms with E-state index in [-0.39, 0.29) is 5.91 Å². The molecule has 0 aromatic rings. The second kappa shape index (κ2) is 3.01. The van der Waals surface area contributed by atoms with Gasteiger partial charge in [0.15, 0.2) is 0 Å². The van der Waals surface area contributed by atoms with Crippen LogP contribution in [-0.4, -0.2) is 17.2 Å². The smallest absolute Gasteiger partial charge is 0.227 e. The van der Waals surface area contributed by atoms with Gasteiger partial charge in [0.1, 0.15) is 6.23 Å². The first-order valence-corrected chi connectivity index (χ1v) is 3.33. The Bertz CT molecular complexity index is 124. The van der Waals surface area contributed by atoms with Gasteiger partial charge in [0.05, 0.1) is 0 Å². The van der Waals surface area contributed by atoms with E-state index in [1.807, 2.05) is 0 Å². The van der Waals surface area contributed by atoms with Gasteiger partial charge in [-0.15, -0.1) is 0 Å². The third-order valence-electron chi connectivity index (χ3n) is 1.02. The van der Waals surface area contributed by atoms with Gasteiger partial charge in [0, 0.05) is 5.41 Å². The van der Waals surface area contributed by atoms with Gasteiger partial charge in [-0.3, -0.25) is 4.79 Å². The molecule has 1 amide bonds. The van der Waals surface area contributed by atoms with Gasteiger partial charge in [-0.25, -0.2) is 0 Å². The third kappa shape index (κ3) is 3.45. The molecule has 0 heterocycles. The first kappa shape index (κ1) is 9.43. The Hall–Kier alpha value is -0.570. The van der Waals surface area contributed by atoms with E-state index in [1.165, 1.54) is 6.92 Å². The number of hydrogen-bond acceptors (Lipinski definition) is 2. The van der Waals surface area contributed by atoms with Crippen molar-refractivity contribution in [3.05, 3.63) is 0 Å². The van der Waals surface area contributed by atoms with E-state index in [9.17, 15) is 4.79 Å². The van der Waals surface area contributed by atoms with Crippen LogP contribution < -0.4 is 5.32 Å². The molecular weight excluding hydrogens is 130 g/mol. The van der Waals surface area contributed by atoms with Crippen molar-refractivity contribution in [2.24, 2.45) is 5.41 Å². The van der Waals surface area contributed by atoms with Crippen molar-refractivity contribution in [3.8, 4) is 0 Å². The van der Waals surface area contributed by atoms with Crippen LogP contribution in [0.1, 0.15) is 27.7 Å². The van der Waals surface area contributed by atoms with E-state index in [0.717, 1.165) is 0 Å². The fourth-order valence-electron chi connectivity index (χ4n) is 0.406. The maximum Gasteiger partial charge on any atom is 0.227 e. The van der Waals surface area contributed by atoms with Gasteiger partial charge in [-0.05, 0) is 6.92 Å². The van der Waals surface area contributed by atoms with E-state index < -0.39 is 11.6 Å². The molecule has 0 rings (SSSR count). The lowest BCUT2D eigenvalue weighted by Crippen LogP contribution is -2.40. The average Bonchev–Trinajstić information content (AvgIpc) is 1.60. The van der Waals surface area contributed by atoms with Crippen molar-refractivity contribution in [3.63, 3.8) is 0 Å². The highest BCUT2D eigenvalue weighted by molar-refractivity contribution is 5.81. The van der Waals surface area contributed by atoms with Crippen LogP contribution in [0.25, 0.3) is 0 Å². The summed E-state index contributed by atoms with van der Waals surface area (Å²) in [4.78, 5) is 11.0. The molecule has 10 heavy (non-hydrogen) atoms. The zero-order valence-electron chi connectivity index (χ0n) is 6.93. The third-order valence-corrected chi connectivity index (χ3v) is 1.02. The van der Waals surface area contributed by atoms with Crippen molar-refractivity contribution in [2.45, 2.75) is 33.9 Å². The Labute approximate surface area is 61.4 Å². The molecule has 0 bridgehead atoms. The van der Waals surface area contributed by atoms with E-state index in [1.54, 1.807) is 20.8 Å². The summed E-state index contributed by atoms with van der Waals surface area (Å²) < 4.78 is 0. The zero-order valence-corrected chi connectivity index (χ0v) is 6.93. The molecule has 0 fully saturated rings. The van der Waals surface area contributed by atoms with Crippen molar-refractivity contribution in [1.82, 2.24) is 5.32 Å². The molecule has 0 spiro atoms. The molecule has 0 saturated carbocycles. The number of aliphatic hydroxyl groups excluding tert-OH is 1. The standard InChI is InChI=1S/C7H15NO2/c1-5(9)8-6(10)7(2,3)4/h5,9H,1-4H3,(H,8,10). The molecule has 0 aliphatic heterocycles. The number of nitrogens with one attached hydrogen (secondary N) is 1. The molecule has 0 radical (unpaired) electrons. The van der Waals surface area contributed by atoms with Gasteiger partial charge >= 0.3 is 0 Å². The lowest BCUT2D eigenvalue weighted by Gasteiger charge is -2.18. The highest BCUT2D eigenvalue weighted by atomic mass is 16.3. The number of hydrogen-bond donors (Lipinski definition) is 2. The maximum atomic E-state index is 11.0. The van der Waals surface area contributed by atoms with Crippen LogP contribution in [0.3, 0.4) is 0 Å². The van der Waals surface area contributed by atoms with Crippen molar-refractivity contribution < 1.29 is 9.90 Å². The summed E-state index contributed by atoms with van der Waals surface area (Å²) in [6.07, 6.45) is -0.758. The van der Waals surface area contributed by atoms with E-state index in [0.29, 0.717) is 0 Å². The van der Waals surface area contributed by atoms with Crippen LogP contribution in [0.5, 0.6) is 0 Å². The van der Waals surface area contributed by atoms with Crippen LogP contribution >= 0.6 is 0 Å². The van der Waals surface area contributed by atoms with Gasteiger partial charge in [0.2, 0.25) is 5.91 Å². The fourth-order valence-corrected chi connectivity index (χ4v) is 0.406. The Morgan fingerprint density at radius 2 is 1.90 bits per heavy atom. The number of carbonyl (C=O) groups excluding carboxylic acids is 1. The summed E-state index contributed by atoms with van der Waals surface area (Å²) in [5.74, 6) is -0.137. The Morgan fingerprint density at radius 1 is 1.50 bits per heavy atom. The monoisotopic (exact) mass is 145 g/mol. The van der Waals surface area contributed by atoms with Gasteiger partial charge in [-0.1, -0.05) is 20.8 Å². The lowest BCUT2D eigenvalue weighted by molar-refractivity contribution is -0.131. The van der Waals surface area contributed by atoms with Crippen LogP contribution in [0.2, 0.25) is 0 Å². The highest BCUT2D eigenvalue weighted by Gasteiger charge is 2.21. The van der Waals surface area contributed by atoms with Crippen LogP contribution in [0.4, 0.5) is 0 Å². The minimum atomic E-state index is -0.758. The summed E-state index contributed by atoms with van der Waals surface area (Å²) in [6.45, 7) is 6.91. The zero-order chi connectivity index (χ0) is 8.36. The molecule has 0 aliphatic carbocycles. The SMILES string of the molecule is CC(O)NC(=O)C(C)(C)C. The quantitative estimate of drug-likeness (QED) is 0.527. The first-order chi connectivity index (χ1) is 4.34. The van der Waals surface area contributed by atoms with Crippen molar-refractivity contribution >= 4 is 5.91 Å². The fraction of sp³-hybridized carbons (Fsp3) is 0.857. The van der Waals surface area contributed by atoms with Crippen LogP contribution in [-0.2, 0) is 4.79 Å². The number of rotatable bonds is 1. The minimum Gasteiger partial charge on any atom is -0.374 e. The van der Waals surface area contributed by atoms with E-state index in [2.05, 4.69) is 5.32 Å². The molecular formula is C7H15NO2. The van der Waals surface area contributed by atoms with E-state index >= 15 is 0 Å². The second-order valence-electron chi connectivity index (χ2n) is 3.40. The Morgan fingerprint density at radius 3 is 2.00 bits per heavy atom. The number of amides is 1. The minimum absolute atomic E-state index is 0.137. The predicted molar refractivity (Wildman–Crippen MR) is 39.3 cm³/mol. The Balaban J connectivity index is 3.87. The highest BCUT2D eigenvalue weighted by Crippen LogP contribution is 2.12. The van der Waals surface area contributed by atoms with Crippen LogP contribution in [0, 0.1) is 5.41 Å². The second-order valence-corrected chi connectivity index (χ2v) is 3.40. The molecule has 0 aromatic carbocycles. The predicted octanol–water partition coefficient (Wildman–Crippen LogP) is 0.487. The Kier molecular flexibility index (Phi) is 2.84. The molecule has 1 atom stereocenters. The molecule has 0 aliphatic rings. The van der Waals surface area contributed by atoms with E-state index in [4.69, 9.17) is 5.11 Å².